The van der Waals surface area contributed by atoms with Gasteiger partial charge in [0.25, 0.3) is 0 Å². The molecule has 2 aromatic rings. The fourth-order valence-corrected chi connectivity index (χ4v) is 3.43. The number of aromatic nitrogens is 2. The van der Waals surface area contributed by atoms with Gasteiger partial charge in [-0.1, -0.05) is 13.0 Å². The molecule has 24 heavy (non-hydrogen) atoms. The minimum absolute atomic E-state index is 0.560. The van der Waals surface area contributed by atoms with Crippen LogP contribution in [0.5, 0.6) is 0 Å². The maximum Gasteiger partial charge on any atom is 0.191 e. The number of nitrogens with zero attached hydrogens (tertiary/aromatic N) is 3. The standard InChI is InChI=1S/C19H29N5/c1-14-6-8-16(9-7-14)23-19(20-3)21-11-10-17-13-24-12-4-5-15(2)18(24)22-17/h4-5,12-14,16H,6-11H2,1-3H3,(H2,20,21,23). The summed E-state index contributed by atoms with van der Waals surface area (Å²) >= 11 is 0. The number of imidazole rings is 1. The van der Waals surface area contributed by atoms with Crippen molar-refractivity contribution in [2.75, 3.05) is 13.6 Å². The summed E-state index contributed by atoms with van der Waals surface area (Å²) in [5.41, 5.74) is 3.37. The number of hydrogen-bond acceptors (Lipinski definition) is 2. The molecule has 0 amide bonds. The van der Waals surface area contributed by atoms with Crippen molar-refractivity contribution in [1.82, 2.24) is 20.0 Å². The highest BCUT2D eigenvalue weighted by Gasteiger charge is 2.18. The summed E-state index contributed by atoms with van der Waals surface area (Å²) in [5.74, 6) is 1.78. The zero-order valence-electron chi connectivity index (χ0n) is 15.0. The number of fused-ring (bicyclic) bond motifs is 1. The molecule has 0 aromatic carbocycles. The van der Waals surface area contributed by atoms with Crippen molar-refractivity contribution >= 4 is 11.6 Å². The molecule has 130 valence electrons. The monoisotopic (exact) mass is 327 g/mol. The van der Waals surface area contributed by atoms with Crippen molar-refractivity contribution in [1.29, 1.82) is 0 Å². The van der Waals surface area contributed by atoms with Gasteiger partial charge in [0.2, 0.25) is 0 Å². The first kappa shape index (κ1) is 16.8. The summed E-state index contributed by atoms with van der Waals surface area (Å²) in [6.45, 7) is 5.28. The molecule has 2 heterocycles. The second-order valence-electron chi connectivity index (χ2n) is 7.00. The van der Waals surface area contributed by atoms with Crippen LogP contribution >= 0.6 is 0 Å². The maximum atomic E-state index is 4.72. The molecule has 1 aliphatic rings. The Hall–Kier alpha value is -2.04. The predicted octanol–water partition coefficient (Wildman–Crippen LogP) is 2.93. The third kappa shape index (κ3) is 4.08. The lowest BCUT2D eigenvalue weighted by Crippen LogP contribution is -2.45. The Balaban J connectivity index is 1.49. The molecule has 0 bridgehead atoms. The first-order chi connectivity index (χ1) is 11.7. The Labute approximate surface area is 144 Å². The average Bonchev–Trinajstić information content (AvgIpc) is 3.00. The van der Waals surface area contributed by atoms with Crippen LogP contribution in [0.15, 0.2) is 29.5 Å². The molecule has 1 aliphatic carbocycles. The van der Waals surface area contributed by atoms with Gasteiger partial charge >= 0.3 is 0 Å². The van der Waals surface area contributed by atoms with Crippen molar-refractivity contribution in [3.63, 3.8) is 0 Å². The van der Waals surface area contributed by atoms with Gasteiger partial charge in [0.15, 0.2) is 5.96 Å². The molecule has 0 saturated heterocycles. The number of aryl methyl sites for hydroxylation is 1. The number of nitrogens with one attached hydrogen (secondary N) is 2. The van der Waals surface area contributed by atoms with Crippen molar-refractivity contribution in [3.05, 3.63) is 35.8 Å². The quantitative estimate of drug-likeness (QED) is 0.670. The highest BCUT2D eigenvalue weighted by Crippen LogP contribution is 2.23. The van der Waals surface area contributed by atoms with E-state index < -0.39 is 0 Å². The van der Waals surface area contributed by atoms with Crippen LogP contribution in [-0.2, 0) is 6.42 Å². The molecular formula is C19H29N5. The number of hydrogen-bond donors (Lipinski definition) is 2. The lowest BCUT2D eigenvalue weighted by Gasteiger charge is -2.28. The van der Waals surface area contributed by atoms with E-state index >= 15 is 0 Å². The smallest absolute Gasteiger partial charge is 0.191 e. The number of rotatable bonds is 4. The van der Waals surface area contributed by atoms with Gasteiger partial charge in [0.05, 0.1) is 5.69 Å². The molecule has 0 atom stereocenters. The van der Waals surface area contributed by atoms with E-state index in [0.717, 1.165) is 36.2 Å². The molecular weight excluding hydrogens is 298 g/mol. The number of aliphatic imine (C=N–C) groups is 1. The molecule has 0 spiro atoms. The fourth-order valence-electron chi connectivity index (χ4n) is 3.43. The molecule has 0 unspecified atom stereocenters. The Kier molecular flexibility index (Phi) is 5.38. The Morgan fingerprint density at radius 3 is 2.83 bits per heavy atom. The largest absolute Gasteiger partial charge is 0.356 e. The Morgan fingerprint density at radius 2 is 2.12 bits per heavy atom. The van der Waals surface area contributed by atoms with Crippen LogP contribution in [0.2, 0.25) is 0 Å². The summed E-state index contributed by atoms with van der Waals surface area (Å²) in [6, 6.07) is 4.72. The lowest BCUT2D eigenvalue weighted by atomic mass is 9.87. The zero-order valence-corrected chi connectivity index (χ0v) is 15.0. The SMILES string of the molecule is CN=C(NCCc1cn2cccc(C)c2n1)NC1CCC(C)CC1. The summed E-state index contributed by atoms with van der Waals surface area (Å²) < 4.78 is 2.10. The molecule has 0 aliphatic heterocycles. The van der Waals surface area contributed by atoms with Gasteiger partial charge in [-0.15, -0.1) is 0 Å². The molecule has 2 aromatic heterocycles. The third-order valence-corrected chi connectivity index (χ3v) is 4.98. The van der Waals surface area contributed by atoms with Gasteiger partial charge in [0, 0.05) is 38.4 Å². The fraction of sp³-hybridized carbons (Fsp3) is 0.579. The second-order valence-corrected chi connectivity index (χ2v) is 7.00. The lowest BCUT2D eigenvalue weighted by molar-refractivity contribution is 0.329. The molecule has 1 saturated carbocycles. The van der Waals surface area contributed by atoms with Crippen molar-refractivity contribution in [2.24, 2.45) is 10.9 Å². The first-order valence-corrected chi connectivity index (χ1v) is 9.06. The summed E-state index contributed by atoms with van der Waals surface area (Å²) in [7, 11) is 1.84. The van der Waals surface area contributed by atoms with E-state index in [4.69, 9.17) is 4.98 Å². The zero-order chi connectivity index (χ0) is 16.9. The Morgan fingerprint density at radius 1 is 1.33 bits per heavy atom. The van der Waals surface area contributed by atoms with Gasteiger partial charge in [-0.2, -0.15) is 0 Å². The molecule has 3 rings (SSSR count). The van der Waals surface area contributed by atoms with E-state index in [1.165, 1.54) is 31.2 Å². The predicted molar refractivity (Wildman–Crippen MR) is 99.6 cm³/mol. The number of guanidine groups is 1. The summed E-state index contributed by atoms with van der Waals surface area (Å²) in [4.78, 5) is 9.08. The number of pyridine rings is 1. The van der Waals surface area contributed by atoms with Gasteiger partial charge < -0.3 is 15.0 Å². The van der Waals surface area contributed by atoms with E-state index in [1.807, 2.05) is 7.05 Å². The molecule has 5 nitrogen and oxygen atoms in total. The van der Waals surface area contributed by atoms with E-state index in [2.05, 4.69) is 58.4 Å². The average molecular weight is 327 g/mol. The van der Waals surface area contributed by atoms with Crippen LogP contribution in [0.4, 0.5) is 0 Å². The van der Waals surface area contributed by atoms with Gasteiger partial charge in [0.1, 0.15) is 5.65 Å². The van der Waals surface area contributed by atoms with Crippen LogP contribution in [0.1, 0.15) is 43.9 Å². The van der Waals surface area contributed by atoms with Crippen LogP contribution in [0.25, 0.3) is 5.65 Å². The highest BCUT2D eigenvalue weighted by atomic mass is 15.2. The normalized spacial score (nSPS) is 21.9. The summed E-state index contributed by atoms with van der Waals surface area (Å²) in [6.07, 6.45) is 10.2. The van der Waals surface area contributed by atoms with E-state index in [0.29, 0.717) is 6.04 Å². The van der Waals surface area contributed by atoms with Gasteiger partial charge in [-0.3, -0.25) is 4.99 Å². The van der Waals surface area contributed by atoms with E-state index in [-0.39, 0.29) is 0 Å². The third-order valence-electron chi connectivity index (χ3n) is 4.98. The van der Waals surface area contributed by atoms with Crippen molar-refractivity contribution in [2.45, 2.75) is 52.0 Å². The van der Waals surface area contributed by atoms with Crippen LogP contribution in [0.3, 0.4) is 0 Å². The Bertz CT molecular complexity index is 695. The molecule has 5 heteroatoms. The molecule has 1 fully saturated rings. The molecule has 2 N–H and O–H groups in total. The van der Waals surface area contributed by atoms with Gasteiger partial charge in [-0.25, -0.2) is 4.98 Å². The minimum Gasteiger partial charge on any atom is -0.356 e. The summed E-state index contributed by atoms with van der Waals surface area (Å²) in [5, 5.41) is 6.99. The van der Waals surface area contributed by atoms with E-state index in [1.54, 1.807) is 0 Å². The van der Waals surface area contributed by atoms with E-state index in [9.17, 15) is 0 Å². The first-order valence-electron chi connectivity index (χ1n) is 9.06. The van der Waals surface area contributed by atoms with Crippen LogP contribution < -0.4 is 10.6 Å². The highest BCUT2D eigenvalue weighted by molar-refractivity contribution is 5.79. The minimum atomic E-state index is 0.560. The van der Waals surface area contributed by atoms with Crippen LogP contribution in [-0.4, -0.2) is 35.0 Å². The molecule has 0 radical (unpaired) electrons. The van der Waals surface area contributed by atoms with Crippen molar-refractivity contribution < 1.29 is 0 Å². The van der Waals surface area contributed by atoms with Gasteiger partial charge in [-0.05, 0) is 50.2 Å². The second kappa shape index (κ2) is 7.69. The van der Waals surface area contributed by atoms with Crippen LogP contribution in [0, 0.1) is 12.8 Å². The van der Waals surface area contributed by atoms with Crippen molar-refractivity contribution in [3.8, 4) is 0 Å². The topological polar surface area (TPSA) is 53.7 Å². The maximum absolute atomic E-state index is 4.72.